The predicted molar refractivity (Wildman–Crippen MR) is 83.7 cm³/mol. The van der Waals surface area contributed by atoms with E-state index in [1.54, 1.807) is 36.4 Å². The maximum absolute atomic E-state index is 12.2. The van der Waals surface area contributed by atoms with Gasteiger partial charge in [-0.1, -0.05) is 17.4 Å². The van der Waals surface area contributed by atoms with Gasteiger partial charge in [-0.25, -0.2) is 4.79 Å². The van der Waals surface area contributed by atoms with Crippen molar-refractivity contribution in [2.24, 2.45) is 16.2 Å². The highest BCUT2D eigenvalue weighted by Crippen LogP contribution is 2.14. The Hall–Kier alpha value is -3.55. The molecular weight excluding hydrogens is 298 g/mol. The van der Waals surface area contributed by atoms with Crippen LogP contribution in [0.15, 0.2) is 58.9 Å². The summed E-state index contributed by atoms with van der Waals surface area (Å²) < 4.78 is 0. The van der Waals surface area contributed by atoms with Crippen molar-refractivity contribution in [2.75, 3.05) is 5.32 Å². The molecule has 8 heteroatoms. The molecular formula is C15H13N5O3. The third-order valence-electron chi connectivity index (χ3n) is 2.98. The number of aromatic carboxylic acids is 1. The molecule has 8 nitrogen and oxygen atoms in total. The van der Waals surface area contributed by atoms with Gasteiger partial charge in [-0.2, -0.15) is 0 Å². The van der Waals surface area contributed by atoms with Crippen molar-refractivity contribution < 1.29 is 14.7 Å². The minimum atomic E-state index is -1.17. The monoisotopic (exact) mass is 311 g/mol. The zero-order valence-corrected chi connectivity index (χ0v) is 11.9. The van der Waals surface area contributed by atoms with Gasteiger partial charge in [-0.15, -0.1) is 5.11 Å². The molecule has 0 saturated heterocycles. The molecule has 5 N–H and O–H groups in total. The first-order chi connectivity index (χ1) is 11.0. The molecule has 0 aliphatic heterocycles. The van der Waals surface area contributed by atoms with Gasteiger partial charge < -0.3 is 16.3 Å². The van der Waals surface area contributed by atoms with Gasteiger partial charge in [-0.05, 0) is 36.4 Å². The van der Waals surface area contributed by atoms with Crippen molar-refractivity contribution in [3.63, 3.8) is 0 Å². The zero-order valence-electron chi connectivity index (χ0n) is 11.9. The minimum Gasteiger partial charge on any atom is -0.478 e. The summed E-state index contributed by atoms with van der Waals surface area (Å²) in [5, 5.41) is 25.7. The topological polar surface area (TPSA) is 141 Å². The lowest BCUT2D eigenvalue weighted by atomic mass is 10.1. The maximum atomic E-state index is 12.2. The molecule has 2 aromatic rings. The van der Waals surface area contributed by atoms with E-state index in [9.17, 15) is 9.59 Å². The summed E-state index contributed by atoms with van der Waals surface area (Å²) in [5.41, 5.74) is 0.917. The number of carboxylic acid groups (broad SMARTS) is 1. The Bertz CT molecular complexity index is 784. The average molecular weight is 311 g/mol. The van der Waals surface area contributed by atoms with E-state index in [-0.39, 0.29) is 17.0 Å². The van der Waals surface area contributed by atoms with E-state index in [0.29, 0.717) is 11.3 Å². The first-order valence-corrected chi connectivity index (χ1v) is 6.46. The fraction of sp³-hybridized carbons (Fsp3) is 0. The molecule has 0 aromatic heterocycles. The number of amidine groups is 1. The van der Waals surface area contributed by atoms with Gasteiger partial charge in [0.05, 0.1) is 11.1 Å². The molecule has 0 aliphatic carbocycles. The minimum absolute atomic E-state index is 0.0637. The summed E-state index contributed by atoms with van der Waals surface area (Å²) >= 11 is 0. The number of hydrogen-bond acceptors (Lipinski definition) is 4. The van der Waals surface area contributed by atoms with Crippen LogP contribution in [0.5, 0.6) is 0 Å². The van der Waals surface area contributed by atoms with Crippen LogP contribution in [-0.2, 0) is 0 Å². The zero-order chi connectivity index (χ0) is 16.8. The normalized spacial score (nSPS) is 10.4. The van der Waals surface area contributed by atoms with Gasteiger partial charge >= 0.3 is 5.97 Å². The molecule has 2 rings (SSSR count). The Morgan fingerprint density at radius 3 is 2.22 bits per heavy atom. The number of carbonyl (C=O) groups excluding carboxylic acids is 1. The molecule has 0 saturated carbocycles. The highest BCUT2D eigenvalue weighted by Gasteiger charge is 2.15. The standard InChI is InChI=1S/C15H13N5O3/c16-13(19-20-17)9-5-7-10(8-6-9)18-14(21)11-3-1-2-4-12(11)15(22)23/h1-8H,(H,18,21)(H,22,23)(H3,16,17,19). The summed E-state index contributed by atoms with van der Waals surface area (Å²) in [7, 11) is 0. The van der Waals surface area contributed by atoms with Crippen molar-refractivity contribution in [1.29, 1.82) is 5.41 Å². The smallest absolute Gasteiger partial charge is 0.336 e. The Labute approximate surface area is 131 Å². The Kier molecular flexibility index (Phi) is 4.78. The van der Waals surface area contributed by atoms with E-state index in [1.807, 2.05) is 0 Å². The van der Waals surface area contributed by atoms with Crippen molar-refractivity contribution in [2.45, 2.75) is 0 Å². The Morgan fingerprint density at radius 1 is 1.04 bits per heavy atom. The maximum Gasteiger partial charge on any atom is 0.336 e. The second-order valence-electron chi connectivity index (χ2n) is 4.45. The number of hydrogen-bond donors (Lipinski definition) is 4. The number of anilines is 1. The number of carboxylic acids is 1. The fourth-order valence-electron chi connectivity index (χ4n) is 1.89. The predicted octanol–water partition coefficient (Wildman–Crippen LogP) is 2.29. The van der Waals surface area contributed by atoms with Crippen LogP contribution in [-0.4, -0.2) is 22.8 Å². The lowest BCUT2D eigenvalue weighted by molar-refractivity contribution is 0.0692. The molecule has 0 unspecified atom stereocenters. The van der Waals surface area contributed by atoms with E-state index in [1.165, 1.54) is 12.1 Å². The van der Waals surface area contributed by atoms with Crippen molar-refractivity contribution in [1.82, 2.24) is 0 Å². The average Bonchev–Trinajstić information content (AvgIpc) is 2.55. The first kappa shape index (κ1) is 15.8. The van der Waals surface area contributed by atoms with Gasteiger partial charge in [0.15, 0.2) is 5.84 Å². The van der Waals surface area contributed by atoms with Crippen molar-refractivity contribution in [3.8, 4) is 0 Å². The van der Waals surface area contributed by atoms with Crippen LogP contribution in [0.3, 0.4) is 0 Å². The summed E-state index contributed by atoms with van der Waals surface area (Å²) in [6.07, 6.45) is 0. The molecule has 1 amide bonds. The van der Waals surface area contributed by atoms with Crippen molar-refractivity contribution in [3.05, 3.63) is 65.2 Å². The number of rotatable bonds is 4. The van der Waals surface area contributed by atoms with Crippen molar-refractivity contribution >= 4 is 23.4 Å². The largest absolute Gasteiger partial charge is 0.478 e. The SMILES string of the molecule is N=C(N=NN)c1ccc(NC(=O)c2ccccc2C(=O)O)cc1. The van der Waals surface area contributed by atoms with Gasteiger partial charge in [0.2, 0.25) is 0 Å². The fourth-order valence-corrected chi connectivity index (χ4v) is 1.89. The first-order valence-electron chi connectivity index (χ1n) is 6.46. The molecule has 0 spiro atoms. The highest BCUT2D eigenvalue weighted by atomic mass is 16.4. The second kappa shape index (κ2) is 6.94. The van der Waals surface area contributed by atoms with Crippen LogP contribution >= 0.6 is 0 Å². The lowest BCUT2D eigenvalue weighted by Crippen LogP contribution is -2.16. The van der Waals surface area contributed by atoms with Crippen LogP contribution in [0.25, 0.3) is 0 Å². The van der Waals surface area contributed by atoms with Crippen LogP contribution in [0.2, 0.25) is 0 Å². The van der Waals surface area contributed by atoms with E-state index in [4.69, 9.17) is 16.4 Å². The Morgan fingerprint density at radius 2 is 1.65 bits per heavy atom. The number of nitrogens with one attached hydrogen (secondary N) is 2. The summed E-state index contributed by atoms with van der Waals surface area (Å²) in [4.78, 5) is 23.3. The van der Waals surface area contributed by atoms with Gasteiger partial charge in [0.25, 0.3) is 5.91 Å². The van der Waals surface area contributed by atoms with Gasteiger partial charge in [-0.3, -0.25) is 10.2 Å². The summed E-state index contributed by atoms with van der Waals surface area (Å²) in [6, 6.07) is 12.2. The van der Waals surface area contributed by atoms with E-state index >= 15 is 0 Å². The number of benzene rings is 2. The molecule has 0 aliphatic rings. The number of nitrogens with zero attached hydrogens (tertiary/aromatic N) is 2. The van der Waals surface area contributed by atoms with E-state index in [0.717, 1.165) is 0 Å². The van der Waals surface area contributed by atoms with Crippen LogP contribution < -0.4 is 11.2 Å². The molecule has 23 heavy (non-hydrogen) atoms. The number of amides is 1. The molecule has 2 aromatic carbocycles. The Balaban J connectivity index is 2.18. The quantitative estimate of drug-likeness (QED) is 0.226. The van der Waals surface area contributed by atoms with E-state index < -0.39 is 11.9 Å². The molecule has 0 radical (unpaired) electrons. The molecule has 0 fully saturated rings. The van der Waals surface area contributed by atoms with Crippen LogP contribution in [0, 0.1) is 5.41 Å². The number of nitrogens with two attached hydrogens (primary N) is 1. The van der Waals surface area contributed by atoms with Gasteiger partial charge in [0.1, 0.15) is 0 Å². The highest BCUT2D eigenvalue weighted by molar-refractivity contribution is 6.10. The third kappa shape index (κ3) is 3.76. The van der Waals surface area contributed by atoms with Crippen LogP contribution in [0.1, 0.15) is 26.3 Å². The van der Waals surface area contributed by atoms with E-state index in [2.05, 4.69) is 15.7 Å². The third-order valence-corrected chi connectivity index (χ3v) is 2.98. The molecule has 0 bridgehead atoms. The molecule has 0 heterocycles. The van der Waals surface area contributed by atoms with Crippen LogP contribution in [0.4, 0.5) is 5.69 Å². The molecule has 116 valence electrons. The summed E-state index contributed by atoms with van der Waals surface area (Å²) in [6.45, 7) is 0. The molecule has 0 atom stereocenters. The number of carbonyl (C=O) groups is 2. The lowest BCUT2D eigenvalue weighted by Gasteiger charge is -2.08. The van der Waals surface area contributed by atoms with Gasteiger partial charge in [0, 0.05) is 11.3 Å². The summed E-state index contributed by atoms with van der Waals surface area (Å²) in [5.74, 6) is 3.06. The second-order valence-corrected chi connectivity index (χ2v) is 4.45.